The van der Waals surface area contributed by atoms with Crippen molar-refractivity contribution in [2.24, 2.45) is 0 Å². The maximum absolute atomic E-state index is 11.2. The van der Waals surface area contributed by atoms with Crippen molar-refractivity contribution in [3.05, 3.63) is 53.6 Å². The molecule has 0 radical (unpaired) electrons. The zero-order chi connectivity index (χ0) is 21.5. The number of hydrogen-bond donors (Lipinski definition) is 2. The summed E-state index contributed by atoms with van der Waals surface area (Å²) in [5, 5.41) is 22.0. The predicted octanol–water partition coefficient (Wildman–Crippen LogP) is 4.63. The molecule has 0 atom stereocenters. The maximum Gasteiger partial charge on any atom is 0.407 e. The van der Waals surface area contributed by atoms with Crippen LogP contribution in [0.5, 0.6) is 5.75 Å². The summed E-state index contributed by atoms with van der Waals surface area (Å²) in [5.41, 5.74) is 3.79. The number of nitrogens with one attached hydrogen (secondary N) is 1. The van der Waals surface area contributed by atoms with Crippen LogP contribution >= 0.6 is 0 Å². The van der Waals surface area contributed by atoms with Gasteiger partial charge in [-0.05, 0) is 68.0 Å². The van der Waals surface area contributed by atoms with E-state index in [2.05, 4.69) is 17.5 Å². The number of rotatable bonds is 7. The molecule has 0 unspecified atom stereocenters. The Balaban J connectivity index is 1.68. The van der Waals surface area contributed by atoms with Gasteiger partial charge in [-0.3, -0.25) is 0 Å². The number of amides is 1. The van der Waals surface area contributed by atoms with Crippen molar-refractivity contribution in [1.29, 1.82) is 5.26 Å². The van der Waals surface area contributed by atoms with Crippen LogP contribution in [-0.4, -0.2) is 41.8 Å². The molecule has 2 aromatic carbocycles. The summed E-state index contributed by atoms with van der Waals surface area (Å²) in [4.78, 5) is 12.6. The van der Waals surface area contributed by atoms with Gasteiger partial charge in [0.2, 0.25) is 0 Å². The van der Waals surface area contributed by atoms with Crippen LogP contribution in [0.2, 0.25) is 0 Å². The minimum atomic E-state index is -0.856. The van der Waals surface area contributed by atoms with Gasteiger partial charge < -0.3 is 20.1 Å². The Morgan fingerprint density at radius 1 is 1.20 bits per heavy atom. The second-order valence-corrected chi connectivity index (χ2v) is 7.73. The van der Waals surface area contributed by atoms with Crippen LogP contribution < -0.4 is 10.1 Å². The number of carbonyl (C=O) groups is 1. The Labute approximate surface area is 178 Å². The molecule has 0 heterocycles. The highest BCUT2D eigenvalue weighted by atomic mass is 16.5. The van der Waals surface area contributed by atoms with Crippen molar-refractivity contribution in [3.63, 3.8) is 0 Å². The monoisotopic (exact) mass is 407 g/mol. The van der Waals surface area contributed by atoms with E-state index in [1.807, 2.05) is 37.3 Å². The van der Waals surface area contributed by atoms with Gasteiger partial charge in [0.05, 0.1) is 18.2 Å². The van der Waals surface area contributed by atoms with Gasteiger partial charge in [0.1, 0.15) is 5.75 Å². The van der Waals surface area contributed by atoms with Crippen LogP contribution in [0.1, 0.15) is 43.7 Å². The van der Waals surface area contributed by atoms with Crippen molar-refractivity contribution < 1.29 is 14.6 Å². The minimum absolute atomic E-state index is 0.107. The Morgan fingerprint density at radius 3 is 2.60 bits per heavy atom. The van der Waals surface area contributed by atoms with Crippen LogP contribution in [-0.2, 0) is 6.54 Å². The summed E-state index contributed by atoms with van der Waals surface area (Å²) < 4.78 is 5.82. The molecular weight excluding hydrogens is 378 g/mol. The molecule has 0 saturated heterocycles. The summed E-state index contributed by atoms with van der Waals surface area (Å²) in [6, 6.07) is 16.4. The topological polar surface area (TPSA) is 85.6 Å². The molecule has 1 aliphatic rings. The smallest absolute Gasteiger partial charge is 0.407 e. The van der Waals surface area contributed by atoms with Gasteiger partial charge in [0.25, 0.3) is 0 Å². The Morgan fingerprint density at radius 2 is 1.93 bits per heavy atom. The lowest BCUT2D eigenvalue weighted by molar-refractivity contribution is 0.122. The van der Waals surface area contributed by atoms with Gasteiger partial charge in [-0.15, -0.1) is 0 Å². The number of hydrogen-bond acceptors (Lipinski definition) is 4. The van der Waals surface area contributed by atoms with Crippen molar-refractivity contribution in [1.82, 2.24) is 10.2 Å². The third-order valence-corrected chi connectivity index (χ3v) is 5.81. The zero-order valence-electron chi connectivity index (χ0n) is 17.6. The average molecular weight is 408 g/mol. The molecule has 2 N–H and O–H groups in total. The van der Waals surface area contributed by atoms with E-state index in [9.17, 15) is 10.1 Å². The molecule has 30 heavy (non-hydrogen) atoms. The highest BCUT2D eigenvalue weighted by Gasteiger charge is 2.26. The Hall–Kier alpha value is -3.04. The largest absolute Gasteiger partial charge is 0.494 e. The van der Waals surface area contributed by atoms with E-state index in [1.54, 1.807) is 13.1 Å². The summed E-state index contributed by atoms with van der Waals surface area (Å²) in [6.07, 6.45) is 2.80. The molecule has 2 aromatic rings. The molecule has 6 heteroatoms. The predicted molar refractivity (Wildman–Crippen MR) is 116 cm³/mol. The molecule has 158 valence electrons. The maximum atomic E-state index is 11.2. The molecule has 0 bridgehead atoms. The highest BCUT2D eigenvalue weighted by Crippen LogP contribution is 2.29. The standard InChI is InChI=1S/C24H29N3O3/c1-3-30-23-12-7-19(18-6-4-5-17(13-18)15-25)14-20(23)16-26-21-8-10-22(11-9-21)27(2)24(28)29/h4-7,12-14,21-22,26H,3,8-11,16H2,1-2H3,(H,28,29). The van der Waals surface area contributed by atoms with E-state index in [4.69, 9.17) is 9.84 Å². The molecule has 3 rings (SSSR count). The lowest BCUT2D eigenvalue weighted by atomic mass is 9.90. The fourth-order valence-electron chi connectivity index (χ4n) is 4.04. The molecule has 1 fully saturated rings. The summed E-state index contributed by atoms with van der Waals surface area (Å²) in [7, 11) is 1.65. The van der Waals surface area contributed by atoms with E-state index in [0.717, 1.165) is 48.1 Å². The molecule has 1 saturated carbocycles. The van der Waals surface area contributed by atoms with Gasteiger partial charge in [0, 0.05) is 31.2 Å². The third-order valence-electron chi connectivity index (χ3n) is 5.81. The fourth-order valence-corrected chi connectivity index (χ4v) is 4.04. The van der Waals surface area contributed by atoms with Crippen molar-refractivity contribution in [3.8, 4) is 22.9 Å². The number of carboxylic acid groups (broad SMARTS) is 1. The number of ether oxygens (including phenoxy) is 1. The summed E-state index contributed by atoms with van der Waals surface area (Å²) in [5.74, 6) is 0.865. The average Bonchev–Trinajstić information content (AvgIpc) is 2.78. The van der Waals surface area contributed by atoms with Crippen LogP contribution in [0.15, 0.2) is 42.5 Å². The van der Waals surface area contributed by atoms with E-state index < -0.39 is 6.09 Å². The summed E-state index contributed by atoms with van der Waals surface area (Å²) >= 11 is 0. The molecular formula is C24H29N3O3. The number of nitrogens with zero attached hydrogens (tertiary/aromatic N) is 2. The Bertz CT molecular complexity index is 914. The van der Waals surface area contributed by atoms with E-state index in [0.29, 0.717) is 24.8 Å². The molecule has 0 spiro atoms. The van der Waals surface area contributed by atoms with Crippen LogP contribution in [0.3, 0.4) is 0 Å². The van der Waals surface area contributed by atoms with Gasteiger partial charge in [0.15, 0.2) is 0 Å². The molecule has 1 amide bonds. The van der Waals surface area contributed by atoms with Crippen LogP contribution in [0, 0.1) is 11.3 Å². The lowest BCUT2D eigenvalue weighted by Crippen LogP contribution is -2.42. The SMILES string of the molecule is CCOc1ccc(-c2cccc(C#N)c2)cc1CNC1CCC(N(C)C(=O)O)CC1. The molecule has 0 aromatic heterocycles. The van der Waals surface area contributed by atoms with Gasteiger partial charge in [-0.2, -0.15) is 5.26 Å². The van der Waals surface area contributed by atoms with Crippen molar-refractivity contribution in [2.45, 2.75) is 51.2 Å². The number of nitriles is 1. The second kappa shape index (κ2) is 10.1. The van der Waals surface area contributed by atoms with Gasteiger partial charge in [-0.1, -0.05) is 18.2 Å². The zero-order valence-corrected chi connectivity index (χ0v) is 17.6. The first kappa shape index (κ1) is 21.7. The molecule has 0 aliphatic heterocycles. The van der Waals surface area contributed by atoms with Crippen molar-refractivity contribution >= 4 is 6.09 Å². The third kappa shape index (κ3) is 5.31. The first-order chi connectivity index (χ1) is 14.5. The normalized spacial score (nSPS) is 18.4. The van der Waals surface area contributed by atoms with Gasteiger partial charge in [-0.25, -0.2) is 4.79 Å². The van der Waals surface area contributed by atoms with Crippen LogP contribution in [0.4, 0.5) is 4.79 Å². The quantitative estimate of drug-likeness (QED) is 0.699. The fraction of sp³-hybridized carbons (Fsp3) is 0.417. The highest BCUT2D eigenvalue weighted by molar-refractivity contribution is 5.67. The second-order valence-electron chi connectivity index (χ2n) is 7.73. The van der Waals surface area contributed by atoms with E-state index in [1.165, 1.54) is 4.90 Å². The molecule has 6 nitrogen and oxygen atoms in total. The first-order valence-corrected chi connectivity index (χ1v) is 10.5. The lowest BCUT2D eigenvalue weighted by Gasteiger charge is -2.33. The first-order valence-electron chi connectivity index (χ1n) is 10.5. The summed E-state index contributed by atoms with van der Waals surface area (Å²) in [6.45, 7) is 3.26. The van der Waals surface area contributed by atoms with E-state index >= 15 is 0 Å². The number of benzene rings is 2. The van der Waals surface area contributed by atoms with E-state index in [-0.39, 0.29) is 6.04 Å². The van der Waals surface area contributed by atoms with Crippen molar-refractivity contribution in [2.75, 3.05) is 13.7 Å². The molecule has 1 aliphatic carbocycles. The Kier molecular flexibility index (Phi) is 7.31. The van der Waals surface area contributed by atoms with Gasteiger partial charge >= 0.3 is 6.09 Å². The van der Waals surface area contributed by atoms with Crippen LogP contribution in [0.25, 0.3) is 11.1 Å². The minimum Gasteiger partial charge on any atom is -0.494 e.